The SMILES string of the molecule is CC(C)[C@](O)(C(C)O)C1C[C@H]([C@H]2C(O)C[C@H]3C4=CCC5CC(O[C@@H]6O[C@H](CO)[C@@H](O)[C@H](O)[C@H]6O)CC[C@]5(C)C4=CC[C@]23C)C(=O)O1. The highest BCUT2D eigenvalue weighted by molar-refractivity contribution is 5.75. The summed E-state index contributed by atoms with van der Waals surface area (Å²) in [6, 6.07) is 0. The maximum atomic E-state index is 13.4. The number of aliphatic hydroxyl groups excluding tert-OH is 6. The van der Waals surface area contributed by atoms with E-state index in [-0.39, 0.29) is 47.0 Å². The summed E-state index contributed by atoms with van der Waals surface area (Å²) in [5, 5.41) is 73.9. The summed E-state index contributed by atoms with van der Waals surface area (Å²) >= 11 is 0. The van der Waals surface area contributed by atoms with E-state index in [1.54, 1.807) is 0 Å². The number of fused-ring (bicyclic) bond motifs is 5. The molecular weight excluding hydrogens is 596 g/mol. The molecule has 46 heavy (non-hydrogen) atoms. The van der Waals surface area contributed by atoms with Crippen LogP contribution in [-0.4, -0.2) is 109 Å². The lowest BCUT2D eigenvalue weighted by Gasteiger charge is -2.54. The van der Waals surface area contributed by atoms with Crippen LogP contribution >= 0.6 is 0 Å². The van der Waals surface area contributed by atoms with Gasteiger partial charge in [0.25, 0.3) is 0 Å². The van der Waals surface area contributed by atoms with Gasteiger partial charge in [-0.05, 0) is 85.2 Å². The molecule has 0 radical (unpaired) electrons. The Labute approximate surface area is 271 Å². The molecule has 0 aromatic heterocycles. The minimum Gasteiger partial charge on any atom is -0.459 e. The van der Waals surface area contributed by atoms with Gasteiger partial charge in [-0.2, -0.15) is 0 Å². The molecule has 0 spiro atoms. The molecule has 4 aliphatic carbocycles. The number of rotatable bonds is 7. The van der Waals surface area contributed by atoms with Crippen LogP contribution < -0.4 is 0 Å². The first kappa shape index (κ1) is 34.5. The second-order valence-electron chi connectivity index (χ2n) is 15.9. The fourth-order valence-corrected chi connectivity index (χ4v) is 10.4. The van der Waals surface area contributed by atoms with Gasteiger partial charge in [0.05, 0.1) is 30.8 Å². The van der Waals surface area contributed by atoms with Crippen molar-refractivity contribution in [1.82, 2.24) is 0 Å². The highest BCUT2D eigenvalue weighted by atomic mass is 16.7. The Balaban J connectivity index is 1.18. The summed E-state index contributed by atoms with van der Waals surface area (Å²) in [6.07, 6.45) is -0.151. The molecule has 11 heteroatoms. The summed E-state index contributed by atoms with van der Waals surface area (Å²) in [5.74, 6) is -1.32. The largest absolute Gasteiger partial charge is 0.459 e. The van der Waals surface area contributed by atoms with Crippen LogP contribution in [0.5, 0.6) is 0 Å². The first-order valence-electron chi connectivity index (χ1n) is 17.2. The van der Waals surface area contributed by atoms with Crippen molar-refractivity contribution in [3.63, 3.8) is 0 Å². The lowest BCUT2D eigenvalue weighted by Crippen LogP contribution is -2.60. The van der Waals surface area contributed by atoms with Crippen LogP contribution in [0, 0.1) is 40.4 Å². The average molecular weight is 651 g/mol. The zero-order valence-electron chi connectivity index (χ0n) is 27.7. The Morgan fingerprint density at radius 2 is 1.76 bits per heavy atom. The molecule has 6 aliphatic rings. The van der Waals surface area contributed by atoms with Gasteiger partial charge in [-0.3, -0.25) is 4.79 Å². The molecule has 4 fully saturated rings. The molecule has 0 bridgehead atoms. The Morgan fingerprint density at radius 1 is 1.04 bits per heavy atom. The molecule has 2 saturated heterocycles. The molecule has 0 aromatic rings. The van der Waals surface area contributed by atoms with Crippen molar-refractivity contribution in [3.05, 3.63) is 23.3 Å². The van der Waals surface area contributed by atoms with Gasteiger partial charge in [0.1, 0.15) is 36.1 Å². The Morgan fingerprint density at radius 3 is 2.41 bits per heavy atom. The van der Waals surface area contributed by atoms with Crippen LogP contribution in [-0.2, 0) is 19.0 Å². The summed E-state index contributed by atoms with van der Waals surface area (Å²) in [4.78, 5) is 13.4. The molecular formula is C35H54O11. The molecule has 260 valence electrons. The fraction of sp³-hybridized carbons (Fsp3) is 0.857. The van der Waals surface area contributed by atoms with Gasteiger partial charge in [-0.25, -0.2) is 0 Å². The molecule has 2 saturated carbocycles. The monoisotopic (exact) mass is 650 g/mol. The van der Waals surface area contributed by atoms with Gasteiger partial charge >= 0.3 is 5.97 Å². The second kappa shape index (κ2) is 12.2. The number of carbonyl (C=O) groups is 1. The van der Waals surface area contributed by atoms with Crippen LogP contribution in [0.4, 0.5) is 0 Å². The first-order chi connectivity index (χ1) is 21.6. The lowest BCUT2D eigenvalue weighted by molar-refractivity contribution is -0.314. The number of ether oxygens (including phenoxy) is 3. The van der Waals surface area contributed by atoms with E-state index in [1.807, 2.05) is 13.8 Å². The van der Waals surface area contributed by atoms with Crippen LogP contribution in [0.1, 0.15) is 79.6 Å². The standard InChI is InChI=1S/C35H54O11/c1-16(2)35(43,17(3)37)26-13-21(31(42)46-26)27-24(38)14-23-20-7-6-18-12-19(8-10-33(18,4)22(20)9-11-34(23,27)5)44-32-30(41)29(40)28(39)25(15-36)45-32/h7,9,16-19,21,23-30,32,36-41,43H,6,8,10-15H2,1-5H3/t17?,18?,19?,21-,23+,24?,25-,26?,27+,28-,29+,30-,32-,33+,34+,35+/m1/s1. The highest BCUT2D eigenvalue weighted by Gasteiger charge is 2.63. The van der Waals surface area contributed by atoms with Crippen molar-refractivity contribution < 1.29 is 54.8 Å². The molecule has 11 nitrogen and oxygen atoms in total. The van der Waals surface area contributed by atoms with E-state index in [1.165, 1.54) is 18.1 Å². The molecule has 7 N–H and O–H groups in total. The fourth-order valence-electron chi connectivity index (χ4n) is 10.4. The van der Waals surface area contributed by atoms with Crippen LogP contribution in [0.25, 0.3) is 0 Å². The normalized spacial score (nSPS) is 49.3. The summed E-state index contributed by atoms with van der Waals surface area (Å²) < 4.78 is 17.6. The smallest absolute Gasteiger partial charge is 0.309 e. The van der Waals surface area contributed by atoms with Crippen molar-refractivity contribution in [2.24, 2.45) is 40.4 Å². The van der Waals surface area contributed by atoms with Gasteiger partial charge in [-0.15, -0.1) is 0 Å². The van der Waals surface area contributed by atoms with E-state index in [2.05, 4.69) is 26.0 Å². The van der Waals surface area contributed by atoms with Gasteiger partial charge < -0.3 is 50.0 Å². The zero-order valence-corrected chi connectivity index (χ0v) is 27.7. The minimum absolute atomic E-state index is 0.0703. The Kier molecular flexibility index (Phi) is 9.12. The maximum Gasteiger partial charge on any atom is 0.309 e. The molecule has 0 aromatic carbocycles. The number of aliphatic hydroxyl groups is 7. The van der Waals surface area contributed by atoms with Crippen molar-refractivity contribution in [2.75, 3.05) is 6.61 Å². The van der Waals surface area contributed by atoms with Crippen molar-refractivity contribution in [3.8, 4) is 0 Å². The molecule has 0 amide bonds. The maximum absolute atomic E-state index is 13.4. The quantitative estimate of drug-likeness (QED) is 0.197. The predicted molar refractivity (Wildman–Crippen MR) is 165 cm³/mol. The van der Waals surface area contributed by atoms with Crippen molar-refractivity contribution in [1.29, 1.82) is 0 Å². The Bertz CT molecular complexity index is 1220. The van der Waals surface area contributed by atoms with E-state index >= 15 is 0 Å². The molecule has 2 aliphatic heterocycles. The molecule has 5 unspecified atom stereocenters. The van der Waals surface area contributed by atoms with E-state index in [0.29, 0.717) is 19.3 Å². The van der Waals surface area contributed by atoms with Gasteiger partial charge in [0.15, 0.2) is 6.29 Å². The van der Waals surface area contributed by atoms with Gasteiger partial charge in [0, 0.05) is 12.3 Å². The first-order valence-corrected chi connectivity index (χ1v) is 17.2. The van der Waals surface area contributed by atoms with Crippen LogP contribution in [0.15, 0.2) is 23.3 Å². The number of hydrogen-bond donors (Lipinski definition) is 7. The molecule has 16 atom stereocenters. The third-order valence-corrected chi connectivity index (χ3v) is 13.3. The third-order valence-electron chi connectivity index (χ3n) is 13.3. The van der Waals surface area contributed by atoms with Crippen LogP contribution in [0.3, 0.4) is 0 Å². The lowest BCUT2D eigenvalue weighted by atomic mass is 9.51. The van der Waals surface area contributed by atoms with Crippen LogP contribution in [0.2, 0.25) is 0 Å². The molecule has 6 rings (SSSR count). The Hall–Kier alpha value is -1.41. The topological polar surface area (TPSA) is 186 Å². The number of hydrogen-bond acceptors (Lipinski definition) is 11. The summed E-state index contributed by atoms with van der Waals surface area (Å²) in [6.45, 7) is 9.11. The van der Waals surface area contributed by atoms with E-state index in [4.69, 9.17) is 14.2 Å². The highest BCUT2D eigenvalue weighted by Crippen LogP contribution is 2.65. The number of cyclic esters (lactones) is 1. The zero-order chi connectivity index (χ0) is 33.5. The van der Waals surface area contributed by atoms with E-state index < -0.39 is 73.1 Å². The minimum atomic E-state index is -1.57. The van der Waals surface area contributed by atoms with Crippen molar-refractivity contribution >= 4 is 5.97 Å². The van der Waals surface area contributed by atoms with Gasteiger partial charge in [-0.1, -0.05) is 39.8 Å². The summed E-state index contributed by atoms with van der Waals surface area (Å²) in [5.41, 5.74) is 0.496. The van der Waals surface area contributed by atoms with E-state index in [9.17, 15) is 40.5 Å². The third kappa shape index (κ3) is 5.15. The second-order valence-corrected chi connectivity index (χ2v) is 15.9. The van der Waals surface area contributed by atoms with E-state index in [0.717, 1.165) is 19.3 Å². The predicted octanol–water partition coefficient (Wildman–Crippen LogP) is 1.34. The number of carbonyl (C=O) groups excluding carboxylic acids is 1. The van der Waals surface area contributed by atoms with Gasteiger partial charge in [0.2, 0.25) is 0 Å². The number of esters is 1. The number of allylic oxidation sites excluding steroid dienone is 4. The summed E-state index contributed by atoms with van der Waals surface area (Å²) in [7, 11) is 0. The average Bonchev–Trinajstić information content (AvgIpc) is 3.51. The van der Waals surface area contributed by atoms with Crippen molar-refractivity contribution in [2.45, 2.75) is 140 Å². The molecule has 2 heterocycles.